The molecule has 1 unspecified atom stereocenters. The number of amides is 1. The Kier molecular flexibility index (Phi) is 9.51. The lowest BCUT2D eigenvalue weighted by atomic mass is 10.1. The SMILES string of the molecule is COc1ccc(CCN(Cc2ccc(C)cc2)Cc2nc(C(=O)NC(C)c3ccccc3)cs2)cc1OC. The second-order valence-electron chi connectivity index (χ2n) is 9.37. The molecule has 1 N–H and O–H groups in total. The molecule has 7 heteroatoms. The van der Waals surface area contributed by atoms with Crippen molar-refractivity contribution in [2.75, 3.05) is 20.8 Å². The molecule has 0 fully saturated rings. The van der Waals surface area contributed by atoms with Crippen molar-refractivity contribution in [3.63, 3.8) is 0 Å². The van der Waals surface area contributed by atoms with Gasteiger partial charge in [0.05, 0.1) is 26.8 Å². The zero-order chi connectivity index (χ0) is 26.9. The van der Waals surface area contributed by atoms with Crippen LogP contribution in [0.1, 0.15) is 50.7 Å². The molecule has 1 heterocycles. The summed E-state index contributed by atoms with van der Waals surface area (Å²) in [6.07, 6.45) is 0.847. The average Bonchev–Trinajstić information content (AvgIpc) is 3.42. The molecule has 0 saturated carbocycles. The van der Waals surface area contributed by atoms with Crippen LogP contribution in [-0.2, 0) is 19.5 Å². The second kappa shape index (κ2) is 13.2. The zero-order valence-corrected chi connectivity index (χ0v) is 23.3. The van der Waals surface area contributed by atoms with E-state index in [2.05, 4.69) is 52.5 Å². The van der Waals surface area contributed by atoms with E-state index >= 15 is 0 Å². The predicted molar refractivity (Wildman–Crippen MR) is 153 cm³/mol. The van der Waals surface area contributed by atoms with Crippen molar-refractivity contribution in [3.05, 3.63) is 111 Å². The fourth-order valence-corrected chi connectivity index (χ4v) is 5.08. The number of hydrogen-bond acceptors (Lipinski definition) is 6. The van der Waals surface area contributed by atoms with E-state index in [1.54, 1.807) is 14.2 Å². The Morgan fingerprint density at radius 2 is 1.66 bits per heavy atom. The molecule has 0 aliphatic carbocycles. The van der Waals surface area contributed by atoms with Gasteiger partial charge in [-0.05, 0) is 49.1 Å². The van der Waals surface area contributed by atoms with Crippen molar-refractivity contribution in [3.8, 4) is 11.5 Å². The van der Waals surface area contributed by atoms with Gasteiger partial charge in [0.15, 0.2) is 11.5 Å². The maximum absolute atomic E-state index is 12.9. The van der Waals surface area contributed by atoms with E-state index in [9.17, 15) is 4.79 Å². The Bertz CT molecular complexity index is 1320. The molecule has 0 radical (unpaired) electrons. The molecular formula is C31H35N3O3S. The highest BCUT2D eigenvalue weighted by atomic mass is 32.1. The van der Waals surface area contributed by atoms with E-state index in [0.29, 0.717) is 12.2 Å². The number of carbonyl (C=O) groups is 1. The topological polar surface area (TPSA) is 63.7 Å². The summed E-state index contributed by atoms with van der Waals surface area (Å²) in [6.45, 7) is 6.36. The quantitative estimate of drug-likeness (QED) is 0.237. The highest BCUT2D eigenvalue weighted by molar-refractivity contribution is 7.09. The number of carbonyl (C=O) groups excluding carboxylic acids is 1. The number of rotatable bonds is 12. The molecule has 198 valence electrons. The molecular weight excluding hydrogens is 494 g/mol. The van der Waals surface area contributed by atoms with Crippen LogP contribution < -0.4 is 14.8 Å². The summed E-state index contributed by atoms with van der Waals surface area (Å²) in [5.74, 6) is 1.30. The first kappa shape index (κ1) is 27.4. The van der Waals surface area contributed by atoms with Crippen LogP contribution >= 0.6 is 11.3 Å². The molecule has 1 atom stereocenters. The summed E-state index contributed by atoms with van der Waals surface area (Å²) in [5.41, 5.74) is 5.18. The highest BCUT2D eigenvalue weighted by Gasteiger charge is 2.17. The van der Waals surface area contributed by atoms with Crippen LogP contribution in [0.3, 0.4) is 0 Å². The molecule has 0 bridgehead atoms. The van der Waals surface area contributed by atoms with Crippen molar-refractivity contribution in [2.45, 2.75) is 39.4 Å². The zero-order valence-electron chi connectivity index (χ0n) is 22.4. The number of aryl methyl sites for hydroxylation is 1. The van der Waals surface area contributed by atoms with E-state index < -0.39 is 0 Å². The average molecular weight is 530 g/mol. The van der Waals surface area contributed by atoms with Crippen LogP contribution in [0, 0.1) is 6.92 Å². The van der Waals surface area contributed by atoms with Crippen LogP contribution in [0.25, 0.3) is 0 Å². The van der Waals surface area contributed by atoms with Gasteiger partial charge in [0.2, 0.25) is 0 Å². The molecule has 1 aromatic heterocycles. The molecule has 38 heavy (non-hydrogen) atoms. The molecule has 4 rings (SSSR count). The first-order valence-corrected chi connectivity index (χ1v) is 13.6. The van der Waals surface area contributed by atoms with E-state index in [1.807, 2.05) is 54.8 Å². The van der Waals surface area contributed by atoms with Crippen LogP contribution in [0.4, 0.5) is 0 Å². The van der Waals surface area contributed by atoms with Crippen molar-refractivity contribution in [1.82, 2.24) is 15.2 Å². The first-order valence-electron chi connectivity index (χ1n) is 12.7. The van der Waals surface area contributed by atoms with Gasteiger partial charge in [0.1, 0.15) is 10.7 Å². The van der Waals surface area contributed by atoms with E-state index in [1.165, 1.54) is 28.0 Å². The van der Waals surface area contributed by atoms with Crippen LogP contribution in [0.2, 0.25) is 0 Å². The Hall–Kier alpha value is -3.68. The minimum Gasteiger partial charge on any atom is -0.493 e. The third-order valence-electron chi connectivity index (χ3n) is 6.48. The fraction of sp³-hybridized carbons (Fsp3) is 0.290. The maximum atomic E-state index is 12.9. The normalized spacial score (nSPS) is 11.8. The molecule has 4 aromatic rings. The third kappa shape index (κ3) is 7.43. The summed E-state index contributed by atoms with van der Waals surface area (Å²) in [6, 6.07) is 24.5. The number of thiazole rings is 1. The lowest BCUT2D eigenvalue weighted by molar-refractivity contribution is 0.0935. The molecule has 0 aliphatic rings. The van der Waals surface area contributed by atoms with Gasteiger partial charge in [-0.3, -0.25) is 9.69 Å². The van der Waals surface area contributed by atoms with Gasteiger partial charge in [-0.2, -0.15) is 0 Å². The predicted octanol–water partition coefficient (Wildman–Crippen LogP) is 6.20. The van der Waals surface area contributed by atoms with Crippen LogP contribution in [-0.4, -0.2) is 36.6 Å². The van der Waals surface area contributed by atoms with Gasteiger partial charge >= 0.3 is 0 Å². The van der Waals surface area contributed by atoms with Crippen molar-refractivity contribution < 1.29 is 14.3 Å². The second-order valence-corrected chi connectivity index (χ2v) is 10.3. The van der Waals surface area contributed by atoms with Crippen LogP contribution in [0.5, 0.6) is 11.5 Å². The van der Waals surface area contributed by atoms with Gasteiger partial charge in [-0.15, -0.1) is 11.3 Å². The number of nitrogens with one attached hydrogen (secondary N) is 1. The maximum Gasteiger partial charge on any atom is 0.271 e. The molecule has 0 aliphatic heterocycles. The Labute approximate surface area is 229 Å². The van der Waals surface area contributed by atoms with E-state index in [4.69, 9.17) is 9.47 Å². The summed E-state index contributed by atoms with van der Waals surface area (Å²) in [7, 11) is 3.30. The highest BCUT2D eigenvalue weighted by Crippen LogP contribution is 2.28. The summed E-state index contributed by atoms with van der Waals surface area (Å²) < 4.78 is 10.9. The number of aromatic nitrogens is 1. The van der Waals surface area contributed by atoms with Crippen LogP contribution in [0.15, 0.2) is 78.2 Å². The number of benzene rings is 3. The summed E-state index contributed by atoms with van der Waals surface area (Å²) in [5, 5.41) is 5.83. The third-order valence-corrected chi connectivity index (χ3v) is 7.32. The van der Waals surface area contributed by atoms with Crippen molar-refractivity contribution in [2.24, 2.45) is 0 Å². The molecule has 1 amide bonds. The minimum atomic E-state index is -0.153. The minimum absolute atomic E-state index is 0.0895. The summed E-state index contributed by atoms with van der Waals surface area (Å²) >= 11 is 1.52. The number of hydrogen-bond donors (Lipinski definition) is 1. The number of methoxy groups -OCH3 is 2. The van der Waals surface area contributed by atoms with Gasteiger partial charge in [0, 0.05) is 18.5 Å². The molecule has 0 spiro atoms. The monoisotopic (exact) mass is 529 g/mol. The van der Waals surface area contributed by atoms with Gasteiger partial charge < -0.3 is 14.8 Å². The Morgan fingerprint density at radius 1 is 0.947 bits per heavy atom. The van der Waals surface area contributed by atoms with Gasteiger partial charge in [0.25, 0.3) is 5.91 Å². The van der Waals surface area contributed by atoms with Crippen molar-refractivity contribution in [1.29, 1.82) is 0 Å². The molecule has 3 aromatic carbocycles. The Balaban J connectivity index is 1.44. The molecule has 6 nitrogen and oxygen atoms in total. The smallest absolute Gasteiger partial charge is 0.271 e. The number of ether oxygens (including phenoxy) is 2. The van der Waals surface area contributed by atoms with Gasteiger partial charge in [-0.1, -0.05) is 66.2 Å². The Morgan fingerprint density at radius 3 is 2.37 bits per heavy atom. The summed E-state index contributed by atoms with van der Waals surface area (Å²) in [4.78, 5) is 19.9. The van der Waals surface area contributed by atoms with Crippen molar-refractivity contribution >= 4 is 17.2 Å². The lowest BCUT2D eigenvalue weighted by Crippen LogP contribution is -2.27. The number of nitrogens with zero attached hydrogens (tertiary/aromatic N) is 2. The lowest BCUT2D eigenvalue weighted by Gasteiger charge is -2.22. The van der Waals surface area contributed by atoms with E-state index in [0.717, 1.165) is 41.6 Å². The van der Waals surface area contributed by atoms with Gasteiger partial charge in [-0.25, -0.2) is 4.98 Å². The fourth-order valence-electron chi connectivity index (χ4n) is 4.26. The largest absolute Gasteiger partial charge is 0.493 e. The standard InChI is InChI=1S/C31H35N3O3S/c1-22-10-12-25(13-11-22)19-34(17-16-24-14-15-28(36-3)29(18-24)37-4)20-30-33-27(21-38-30)31(35)32-23(2)26-8-6-5-7-9-26/h5-15,18,21,23H,16-17,19-20H2,1-4H3,(H,32,35). The molecule has 0 saturated heterocycles. The van der Waals surface area contributed by atoms with E-state index in [-0.39, 0.29) is 11.9 Å². The first-order chi connectivity index (χ1) is 18.4.